The second-order valence-corrected chi connectivity index (χ2v) is 8.25. The van der Waals surface area contributed by atoms with Gasteiger partial charge in [-0.3, -0.25) is 9.59 Å². The summed E-state index contributed by atoms with van der Waals surface area (Å²) in [5, 5.41) is 16.0. The van der Waals surface area contributed by atoms with Gasteiger partial charge in [-0.15, -0.1) is 0 Å². The van der Waals surface area contributed by atoms with E-state index in [0.717, 1.165) is 10.9 Å². The maximum Gasteiger partial charge on any atom is 0.303 e. The predicted octanol–water partition coefficient (Wildman–Crippen LogP) is 4.46. The summed E-state index contributed by atoms with van der Waals surface area (Å²) in [6.45, 7) is 0. The number of amides is 1. The van der Waals surface area contributed by atoms with Crippen LogP contribution < -0.4 is 14.2 Å². The number of rotatable bonds is 8. The van der Waals surface area contributed by atoms with Gasteiger partial charge >= 0.3 is 5.97 Å². The molecule has 35 heavy (non-hydrogen) atoms. The lowest BCUT2D eigenvalue weighted by Gasteiger charge is -2.23. The number of hydrogen-bond donors (Lipinski definition) is 1. The van der Waals surface area contributed by atoms with Crippen molar-refractivity contribution in [3.63, 3.8) is 0 Å². The molecule has 1 unspecified atom stereocenters. The minimum atomic E-state index is -1.06. The summed E-state index contributed by atoms with van der Waals surface area (Å²) in [7, 11) is 4.66. The smallest absolute Gasteiger partial charge is 0.303 e. The molecular formula is C25H24ClN3O6. The minimum Gasteiger partial charge on any atom is -0.497 e. The Morgan fingerprint density at radius 2 is 1.80 bits per heavy atom. The number of carbonyl (C=O) groups is 2. The Morgan fingerprint density at radius 1 is 1.03 bits per heavy atom. The van der Waals surface area contributed by atoms with Crippen molar-refractivity contribution < 1.29 is 28.9 Å². The van der Waals surface area contributed by atoms with Crippen LogP contribution in [0.3, 0.4) is 0 Å². The molecule has 0 fully saturated rings. The number of fused-ring (bicyclic) bond motifs is 1. The van der Waals surface area contributed by atoms with Gasteiger partial charge < -0.3 is 19.3 Å². The Morgan fingerprint density at radius 3 is 2.49 bits per heavy atom. The highest BCUT2D eigenvalue weighted by atomic mass is 35.5. The average Bonchev–Trinajstić information content (AvgIpc) is 3.31. The monoisotopic (exact) mass is 497 g/mol. The van der Waals surface area contributed by atoms with Crippen molar-refractivity contribution in [1.29, 1.82) is 0 Å². The highest BCUT2D eigenvalue weighted by Gasteiger charge is 2.35. The van der Waals surface area contributed by atoms with Crippen molar-refractivity contribution in [3.8, 4) is 17.2 Å². The Bertz CT molecular complexity index is 1330. The summed E-state index contributed by atoms with van der Waals surface area (Å²) >= 11 is 6.59. The van der Waals surface area contributed by atoms with Crippen LogP contribution >= 0.6 is 11.6 Å². The van der Waals surface area contributed by atoms with E-state index in [1.165, 1.54) is 12.1 Å². The number of carbonyl (C=O) groups excluding carboxylic acids is 1. The van der Waals surface area contributed by atoms with Crippen LogP contribution in [-0.2, 0) is 9.59 Å². The quantitative estimate of drug-likeness (QED) is 0.457. The molecule has 0 bridgehead atoms. The molecule has 3 aromatic rings. The first-order chi connectivity index (χ1) is 16.8. The Hall–Kier alpha value is -3.85. The number of ether oxygens (including phenoxy) is 3. The first-order valence-electron chi connectivity index (χ1n) is 10.8. The van der Waals surface area contributed by atoms with Crippen LogP contribution in [0.25, 0.3) is 10.9 Å². The first-order valence-corrected chi connectivity index (χ1v) is 11.2. The van der Waals surface area contributed by atoms with E-state index in [1.807, 2.05) is 24.3 Å². The molecule has 1 aliphatic heterocycles. The second kappa shape index (κ2) is 10.2. The molecule has 1 aliphatic rings. The highest BCUT2D eigenvalue weighted by Crippen LogP contribution is 2.39. The van der Waals surface area contributed by atoms with E-state index in [4.69, 9.17) is 30.9 Å². The molecule has 1 amide bonds. The lowest BCUT2D eigenvalue weighted by atomic mass is 9.98. The van der Waals surface area contributed by atoms with E-state index in [1.54, 1.807) is 32.4 Å². The number of carboxylic acid groups (broad SMARTS) is 1. The van der Waals surface area contributed by atoms with Crippen LogP contribution in [-0.4, -0.2) is 54.0 Å². The number of nitrogens with zero attached hydrogens (tertiary/aromatic N) is 3. The summed E-state index contributed by atoms with van der Waals surface area (Å²) in [5.41, 5.74) is 2.65. The molecule has 0 saturated heterocycles. The van der Waals surface area contributed by atoms with E-state index in [2.05, 4.69) is 10.1 Å². The van der Waals surface area contributed by atoms with Crippen LogP contribution in [0.15, 0.2) is 47.6 Å². The number of aliphatic carboxylic acids is 1. The number of carboxylic acids is 1. The van der Waals surface area contributed by atoms with Gasteiger partial charge in [0.05, 0.1) is 45.0 Å². The zero-order valence-corrected chi connectivity index (χ0v) is 20.2. The maximum atomic E-state index is 13.0. The van der Waals surface area contributed by atoms with Gasteiger partial charge in [0.25, 0.3) is 0 Å². The molecule has 0 radical (unpaired) electrons. The van der Waals surface area contributed by atoms with Gasteiger partial charge in [0.1, 0.15) is 10.9 Å². The highest BCUT2D eigenvalue weighted by molar-refractivity contribution is 6.30. The van der Waals surface area contributed by atoms with Crippen molar-refractivity contribution in [2.24, 2.45) is 5.10 Å². The number of halogens is 1. The van der Waals surface area contributed by atoms with Crippen LogP contribution in [0.2, 0.25) is 5.15 Å². The average molecular weight is 498 g/mol. The maximum absolute atomic E-state index is 13.0. The Balaban J connectivity index is 1.75. The molecule has 10 heteroatoms. The fraction of sp³-hybridized carbons (Fsp3) is 0.280. The van der Waals surface area contributed by atoms with Gasteiger partial charge in [0.15, 0.2) is 11.5 Å². The Labute approximate surface area is 206 Å². The molecule has 0 spiro atoms. The summed E-state index contributed by atoms with van der Waals surface area (Å²) in [6, 6.07) is 12.2. The van der Waals surface area contributed by atoms with Crippen LogP contribution in [0.1, 0.15) is 36.4 Å². The van der Waals surface area contributed by atoms with E-state index in [9.17, 15) is 9.59 Å². The van der Waals surface area contributed by atoms with Gasteiger partial charge in [-0.05, 0) is 36.4 Å². The molecule has 0 saturated carbocycles. The molecule has 9 nitrogen and oxygen atoms in total. The van der Waals surface area contributed by atoms with Crippen molar-refractivity contribution >= 4 is 40.1 Å². The minimum absolute atomic E-state index is 0.190. The molecule has 1 aromatic heterocycles. The molecule has 2 aromatic carbocycles. The summed E-state index contributed by atoms with van der Waals surface area (Å²) in [4.78, 5) is 28.6. The molecule has 2 heterocycles. The third-order valence-corrected chi connectivity index (χ3v) is 6.10. The van der Waals surface area contributed by atoms with Crippen LogP contribution in [0.4, 0.5) is 0 Å². The standard InChI is InChI=1S/C25H24ClN3O6/c1-33-16-6-4-14-10-17(25(26)27-18(14)12-16)20-13-19(28-29(20)23(30)8-9-24(31)32)15-5-7-21(34-2)22(11-15)35-3/h4-7,10-12,20H,8-9,13H2,1-3H3,(H,31,32). The van der Waals surface area contributed by atoms with Crippen LogP contribution in [0.5, 0.6) is 17.2 Å². The lowest BCUT2D eigenvalue weighted by Crippen LogP contribution is -2.27. The zero-order chi connectivity index (χ0) is 25.1. The fourth-order valence-electron chi connectivity index (χ4n) is 4.00. The lowest BCUT2D eigenvalue weighted by molar-refractivity contribution is -0.141. The number of aromatic nitrogens is 1. The third-order valence-electron chi connectivity index (χ3n) is 5.80. The van der Waals surface area contributed by atoms with E-state index >= 15 is 0 Å². The van der Waals surface area contributed by atoms with Crippen LogP contribution in [0, 0.1) is 0 Å². The van der Waals surface area contributed by atoms with Gasteiger partial charge in [0, 0.05) is 35.4 Å². The molecular weight excluding hydrogens is 474 g/mol. The summed E-state index contributed by atoms with van der Waals surface area (Å²) in [6.07, 6.45) is -0.130. The van der Waals surface area contributed by atoms with Gasteiger partial charge in [0.2, 0.25) is 5.91 Å². The van der Waals surface area contributed by atoms with Gasteiger partial charge in [-0.1, -0.05) is 11.6 Å². The zero-order valence-electron chi connectivity index (χ0n) is 19.4. The van der Waals surface area contributed by atoms with Crippen molar-refractivity contribution in [2.75, 3.05) is 21.3 Å². The number of hydrazone groups is 1. The molecule has 0 aliphatic carbocycles. The van der Waals surface area contributed by atoms with E-state index in [-0.39, 0.29) is 18.0 Å². The third kappa shape index (κ3) is 5.00. The first kappa shape index (κ1) is 24.3. The summed E-state index contributed by atoms with van der Waals surface area (Å²) < 4.78 is 16.0. The molecule has 4 rings (SSSR count). The van der Waals surface area contributed by atoms with Crippen molar-refractivity contribution in [2.45, 2.75) is 25.3 Å². The molecule has 1 N–H and O–H groups in total. The van der Waals surface area contributed by atoms with Gasteiger partial charge in [-0.25, -0.2) is 9.99 Å². The van der Waals surface area contributed by atoms with E-state index < -0.39 is 17.9 Å². The van der Waals surface area contributed by atoms with Crippen molar-refractivity contribution in [1.82, 2.24) is 9.99 Å². The van der Waals surface area contributed by atoms with Gasteiger partial charge in [-0.2, -0.15) is 5.10 Å². The Kier molecular flexibility index (Phi) is 7.07. The largest absolute Gasteiger partial charge is 0.497 e. The molecule has 182 valence electrons. The number of pyridine rings is 1. The SMILES string of the molecule is COc1ccc2cc(C3CC(c4ccc(OC)c(OC)c4)=NN3C(=O)CCC(=O)O)c(Cl)nc2c1. The summed E-state index contributed by atoms with van der Waals surface area (Å²) in [5.74, 6) is 0.271. The second-order valence-electron chi connectivity index (χ2n) is 7.90. The fourth-order valence-corrected chi connectivity index (χ4v) is 4.27. The van der Waals surface area contributed by atoms with E-state index in [0.29, 0.717) is 40.5 Å². The topological polar surface area (TPSA) is 111 Å². The number of hydrogen-bond acceptors (Lipinski definition) is 7. The number of benzene rings is 2. The normalized spacial score (nSPS) is 15.1. The number of methoxy groups -OCH3 is 3. The van der Waals surface area contributed by atoms with Crippen molar-refractivity contribution in [3.05, 3.63) is 58.7 Å². The predicted molar refractivity (Wildman–Crippen MR) is 130 cm³/mol. The molecule has 1 atom stereocenters.